The standard InChI is InChI=1S/C21H19N5O2/c1-28-21(27)18-11-26-10-15(5-7-19(26)25-18)14-4-6-17-16(8-14)20(24-12-23-17)22-9-13-2-3-13/h4-8,10-13H,2-3,9H2,1H3,(H,22,23,24). The van der Waals surface area contributed by atoms with E-state index in [-0.39, 0.29) is 5.69 Å². The predicted molar refractivity (Wildman–Crippen MR) is 106 cm³/mol. The van der Waals surface area contributed by atoms with Gasteiger partial charge in [-0.2, -0.15) is 0 Å². The Morgan fingerprint density at radius 1 is 1.18 bits per heavy atom. The van der Waals surface area contributed by atoms with Gasteiger partial charge in [-0.25, -0.2) is 19.7 Å². The number of methoxy groups -OCH3 is 1. The second-order valence-corrected chi connectivity index (χ2v) is 7.08. The van der Waals surface area contributed by atoms with Crippen molar-refractivity contribution in [3.8, 4) is 11.1 Å². The SMILES string of the molecule is COC(=O)c1cn2cc(-c3ccc4ncnc(NCC5CC5)c4c3)ccc2n1. The molecule has 0 unspecified atom stereocenters. The van der Waals surface area contributed by atoms with Gasteiger partial charge in [0.15, 0.2) is 5.69 Å². The van der Waals surface area contributed by atoms with Gasteiger partial charge in [0.25, 0.3) is 0 Å². The van der Waals surface area contributed by atoms with Crippen LogP contribution in [0.1, 0.15) is 23.3 Å². The maximum absolute atomic E-state index is 11.7. The number of nitrogens with one attached hydrogen (secondary N) is 1. The molecule has 0 atom stereocenters. The number of aromatic nitrogens is 4. The fourth-order valence-corrected chi connectivity index (χ4v) is 3.31. The number of rotatable bonds is 5. The van der Waals surface area contributed by atoms with Gasteiger partial charge in [-0.15, -0.1) is 0 Å². The summed E-state index contributed by atoms with van der Waals surface area (Å²) >= 11 is 0. The van der Waals surface area contributed by atoms with Crippen molar-refractivity contribution in [1.82, 2.24) is 19.4 Å². The maximum Gasteiger partial charge on any atom is 0.358 e. The third-order valence-electron chi connectivity index (χ3n) is 5.07. The molecule has 1 aliphatic rings. The number of pyridine rings is 1. The van der Waals surface area contributed by atoms with Gasteiger partial charge in [0.1, 0.15) is 17.8 Å². The van der Waals surface area contributed by atoms with Gasteiger partial charge in [0.05, 0.1) is 12.6 Å². The van der Waals surface area contributed by atoms with Gasteiger partial charge in [-0.3, -0.25) is 0 Å². The molecule has 7 heteroatoms. The van der Waals surface area contributed by atoms with E-state index >= 15 is 0 Å². The lowest BCUT2D eigenvalue weighted by Gasteiger charge is -2.09. The summed E-state index contributed by atoms with van der Waals surface area (Å²) in [7, 11) is 1.35. The molecule has 28 heavy (non-hydrogen) atoms. The van der Waals surface area contributed by atoms with Crippen LogP contribution >= 0.6 is 0 Å². The Kier molecular flexibility index (Phi) is 3.93. The van der Waals surface area contributed by atoms with Crippen LogP contribution in [0.3, 0.4) is 0 Å². The Balaban J connectivity index is 1.54. The molecule has 1 aliphatic carbocycles. The molecule has 7 nitrogen and oxygen atoms in total. The highest BCUT2D eigenvalue weighted by Gasteiger charge is 2.21. The van der Waals surface area contributed by atoms with E-state index in [0.29, 0.717) is 5.65 Å². The van der Waals surface area contributed by atoms with Crippen LogP contribution in [-0.4, -0.2) is 39.0 Å². The molecule has 5 rings (SSSR count). The van der Waals surface area contributed by atoms with Gasteiger partial charge in [-0.05, 0) is 54.2 Å². The van der Waals surface area contributed by atoms with Gasteiger partial charge in [0, 0.05) is 24.3 Å². The molecule has 0 spiro atoms. The summed E-state index contributed by atoms with van der Waals surface area (Å²) in [5.41, 5.74) is 3.96. The van der Waals surface area contributed by atoms with E-state index in [2.05, 4.69) is 26.3 Å². The molecular weight excluding hydrogens is 354 g/mol. The third-order valence-corrected chi connectivity index (χ3v) is 5.07. The van der Waals surface area contributed by atoms with Crippen molar-refractivity contribution >= 4 is 28.3 Å². The number of hydrogen-bond acceptors (Lipinski definition) is 6. The lowest BCUT2D eigenvalue weighted by atomic mass is 10.1. The molecule has 3 heterocycles. The number of esters is 1. The number of carbonyl (C=O) groups excluding carboxylic acids is 1. The summed E-state index contributed by atoms with van der Waals surface area (Å²) in [6.07, 6.45) is 7.82. The zero-order valence-corrected chi connectivity index (χ0v) is 15.4. The van der Waals surface area contributed by atoms with E-state index in [1.807, 2.05) is 34.9 Å². The van der Waals surface area contributed by atoms with Crippen LogP contribution in [0.5, 0.6) is 0 Å². The highest BCUT2D eigenvalue weighted by atomic mass is 16.5. The largest absolute Gasteiger partial charge is 0.464 e. The number of nitrogens with zero attached hydrogens (tertiary/aromatic N) is 4. The van der Waals surface area contributed by atoms with Gasteiger partial charge < -0.3 is 14.5 Å². The van der Waals surface area contributed by atoms with Crippen molar-refractivity contribution in [2.24, 2.45) is 5.92 Å². The van der Waals surface area contributed by atoms with Crippen molar-refractivity contribution in [1.29, 1.82) is 0 Å². The van der Waals surface area contributed by atoms with E-state index in [4.69, 9.17) is 4.74 Å². The normalized spacial score (nSPS) is 13.8. The monoisotopic (exact) mass is 373 g/mol. The van der Waals surface area contributed by atoms with Crippen molar-refractivity contribution < 1.29 is 9.53 Å². The fraction of sp³-hybridized carbons (Fsp3) is 0.238. The third kappa shape index (κ3) is 3.05. The zero-order chi connectivity index (χ0) is 19.1. The van der Waals surface area contributed by atoms with Crippen LogP contribution in [0.4, 0.5) is 5.82 Å². The van der Waals surface area contributed by atoms with E-state index < -0.39 is 5.97 Å². The number of fused-ring (bicyclic) bond motifs is 2. The number of hydrogen-bond donors (Lipinski definition) is 1. The van der Waals surface area contributed by atoms with Crippen molar-refractivity contribution in [2.45, 2.75) is 12.8 Å². The van der Waals surface area contributed by atoms with Gasteiger partial charge in [-0.1, -0.05) is 6.07 Å². The summed E-state index contributed by atoms with van der Waals surface area (Å²) in [6.45, 7) is 0.952. The van der Waals surface area contributed by atoms with Crippen LogP contribution in [0.2, 0.25) is 0 Å². The van der Waals surface area contributed by atoms with E-state index in [0.717, 1.165) is 40.3 Å². The van der Waals surface area contributed by atoms with Crippen LogP contribution in [0.15, 0.2) is 49.1 Å². The predicted octanol–water partition coefficient (Wildman–Crippen LogP) is 3.55. The average molecular weight is 373 g/mol. The molecule has 0 saturated heterocycles. The highest BCUT2D eigenvalue weighted by molar-refractivity contribution is 5.92. The number of imidazole rings is 1. The molecule has 140 valence electrons. The van der Waals surface area contributed by atoms with Gasteiger partial charge >= 0.3 is 5.97 Å². The molecule has 1 N–H and O–H groups in total. The maximum atomic E-state index is 11.7. The molecule has 3 aromatic heterocycles. The number of benzene rings is 1. The lowest BCUT2D eigenvalue weighted by molar-refractivity contribution is 0.0595. The van der Waals surface area contributed by atoms with Crippen LogP contribution in [-0.2, 0) is 4.74 Å². The number of ether oxygens (including phenoxy) is 1. The highest BCUT2D eigenvalue weighted by Crippen LogP contribution is 2.31. The topological polar surface area (TPSA) is 81.4 Å². The minimum Gasteiger partial charge on any atom is -0.464 e. The minimum atomic E-state index is -0.445. The second kappa shape index (κ2) is 6.60. The zero-order valence-electron chi connectivity index (χ0n) is 15.4. The first kappa shape index (κ1) is 16.7. The quantitative estimate of drug-likeness (QED) is 0.539. The summed E-state index contributed by atoms with van der Waals surface area (Å²) < 4.78 is 6.58. The smallest absolute Gasteiger partial charge is 0.358 e. The Morgan fingerprint density at radius 2 is 2.04 bits per heavy atom. The van der Waals surface area contributed by atoms with Crippen LogP contribution < -0.4 is 5.32 Å². The molecule has 4 aromatic rings. The Morgan fingerprint density at radius 3 is 2.86 bits per heavy atom. The Bertz CT molecular complexity index is 1200. The summed E-state index contributed by atoms with van der Waals surface area (Å²) in [5.74, 6) is 1.19. The summed E-state index contributed by atoms with van der Waals surface area (Å²) in [6, 6.07) is 10.0. The first-order valence-electron chi connectivity index (χ1n) is 9.27. The van der Waals surface area contributed by atoms with E-state index in [1.54, 1.807) is 12.5 Å². The first-order chi connectivity index (χ1) is 13.7. The minimum absolute atomic E-state index is 0.290. The van der Waals surface area contributed by atoms with Crippen LogP contribution in [0, 0.1) is 5.92 Å². The van der Waals surface area contributed by atoms with Gasteiger partial charge in [0.2, 0.25) is 0 Å². The Hall–Kier alpha value is -3.48. The lowest BCUT2D eigenvalue weighted by Crippen LogP contribution is -2.05. The molecule has 0 bridgehead atoms. The molecule has 1 aromatic carbocycles. The number of carbonyl (C=O) groups is 1. The summed E-state index contributed by atoms with van der Waals surface area (Å²) in [5, 5.41) is 4.46. The van der Waals surface area contributed by atoms with E-state index in [9.17, 15) is 4.79 Å². The fourth-order valence-electron chi connectivity index (χ4n) is 3.31. The molecular formula is C21H19N5O2. The van der Waals surface area contributed by atoms with Crippen molar-refractivity contribution in [2.75, 3.05) is 19.0 Å². The first-order valence-corrected chi connectivity index (χ1v) is 9.27. The molecule has 0 amide bonds. The molecule has 0 radical (unpaired) electrons. The number of anilines is 1. The Labute approximate surface area is 161 Å². The second-order valence-electron chi connectivity index (χ2n) is 7.08. The van der Waals surface area contributed by atoms with Crippen LogP contribution in [0.25, 0.3) is 27.7 Å². The summed E-state index contributed by atoms with van der Waals surface area (Å²) in [4.78, 5) is 24.8. The molecule has 1 saturated carbocycles. The molecule has 0 aliphatic heterocycles. The van der Waals surface area contributed by atoms with Crippen molar-refractivity contribution in [3.63, 3.8) is 0 Å². The molecule has 1 fully saturated rings. The van der Waals surface area contributed by atoms with E-state index in [1.165, 1.54) is 20.0 Å². The van der Waals surface area contributed by atoms with Crippen molar-refractivity contribution in [3.05, 3.63) is 54.7 Å². The average Bonchev–Trinajstić information content (AvgIpc) is 3.47.